The third-order valence-electron chi connectivity index (χ3n) is 32.8. The fourth-order valence-corrected chi connectivity index (χ4v) is 37.5. The first kappa shape index (κ1) is 76.5. The van der Waals surface area contributed by atoms with Crippen LogP contribution in [0.25, 0.3) is 293 Å². The predicted molar refractivity (Wildman–Crippen MR) is 628 cm³/mol. The van der Waals surface area contributed by atoms with E-state index in [0.29, 0.717) is 0 Å². The van der Waals surface area contributed by atoms with E-state index in [4.69, 9.17) is 0 Å². The minimum Gasteiger partial charge on any atom is -0.135 e. The molecule has 0 fully saturated rings. The number of aryl methyl sites for hydroxylation is 3. The Labute approximate surface area is 834 Å². The maximum atomic E-state index is 2.63. The summed E-state index contributed by atoms with van der Waals surface area (Å²) < 4.78 is 22.2. The van der Waals surface area contributed by atoms with Crippen molar-refractivity contribution in [3.05, 3.63) is 369 Å². The van der Waals surface area contributed by atoms with Gasteiger partial charge in [0.2, 0.25) is 20.1 Å². The SMILES string of the molecule is Cc1cc2c3c(c1)-c1c4c(cccc4cc4sc5ccccc5c14)B3c1cccc3cc4sc5ccccc5c4c-2c13.Cc1cc2c3c(c1)-c1cc4c5ccccc5sc4c4c1c(cc1c5ccccc5sc14)B3c1cc3c4ccccc4sc3c3c1c-2cc1c2ccccc2sc13.Cc1cc2c3c(c1)-c1cccc4c1c(cc1sc5ccccc5c14)B3c1cc3sc4ccccc4c3c3cccc-2c13. The summed E-state index contributed by atoms with van der Waals surface area (Å²) in [6.07, 6.45) is 0. The van der Waals surface area contributed by atoms with Crippen LogP contribution in [0.15, 0.2) is 352 Å². The predicted octanol–water partition coefficient (Wildman–Crippen LogP) is 33.3. The Hall–Kier alpha value is -14.4. The summed E-state index contributed by atoms with van der Waals surface area (Å²) in [5.74, 6) is 0. The van der Waals surface area contributed by atoms with Gasteiger partial charge in [-0.05, 0) is 243 Å². The molecule has 0 saturated carbocycles. The van der Waals surface area contributed by atoms with Gasteiger partial charge in [-0.1, -0.05) is 316 Å². The molecule has 23 aromatic carbocycles. The molecule has 140 heavy (non-hydrogen) atoms. The van der Waals surface area contributed by atoms with Crippen LogP contribution in [-0.4, -0.2) is 20.1 Å². The van der Waals surface area contributed by atoms with Crippen LogP contribution in [-0.2, 0) is 0 Å². The monoisotopic (exact) mass is 1900 g/mol. The molecule has 0 unspecified atom stereocenters. The molecule has 0 atom stereocenters. The zero-order chi connectivity index (χ0) is 90.7. The van der Waals surface area contributed by atoms with Crippen molar-refractivity contribution in [2.24, 2.45) is 0 Å². The first-order chi connectivity index (χ1) is 69.2. The molecule has 8 aromatic heterocycles. The van der Waals surface area contributed by atoms with Crippen molar-refractivity contribution in [3.63, 3.8) is 0 Å². The third kappa shape index (κ3) is 9.70. The van der Waals surface area contributed by atoms with Crippen LogP contribution >= 0.6 is 90.7 Å². The van der Waals surface area contributed by atoms with E-state index >= 15 is 0 Å². The van der Waals surface area contributed by atoms with Crippen molar-refractivity contribution in [1.29, 1.82) is 0 Å². The highest BCUT2D eigenvalue weighted by molar-refractivity contribution is 7.32. The summed E-state index contributed by atoms with van der Waals surface area (Å²) in [7, 11) is 0. The van der Waals surface area contributed by atoms with Gasteiger partial charge in [-0.3, -0.25) is 0 Å². The highest BCUT2D eigenvalue weighted by Gasteiger charge is 2.46. The second kappa shape index (κ2) is 27.2. The quantitative estimate of drug-likeness (QED) is 0.133. The van der Waals surface area contributed by atoms with E-state index in [1.165, 1.54) is 359 Å². The molecule has 640 valence electrons. The molecule has 0 bridgehead atoms. The number of hydrogen-bond acceptors (Lipinski definition) is 8. The number of benzene rings is 23. The Kier molecular flexibility index (Phi) is 14.9. The Morgan fingerprint density at radius 2 is 0.421 bits per heavy atom. The van der Waals surface area contributed by atoms with Crippen LogP contribution in [0.4, 0.5) is 0 Å². The largest absolute Gasteiger partial charge is 0.244 e. The fraction of sp³-hybridized carbons (Fsp3) is 0.0233. The maximum Gasteiger partial charge on any atom is 0.244 e. The lowest BCUT2D eigenvalue weighted by molar-refractivity contribution is 1.48. The van der Waals surface area contributed by atoms with Gasteiger partial charge >= 0.3 is 0 Å². The van der Waals surface area contributed by atoms with Crippen molar-refractivity contribution in [2.75, 3.05) is 0 Å². The molecule has 0 saturated heterocycles. The molecule has 0 aliphatic carbocycles. The lowest BCUT2D eigenvalue weighted by Crippen LogP contribution is -2.57. The number of thiophene rings is 8. The summed E-state index contributed by atoms with van der Waals surface area (Å²) in [5, 5.41) is 39.2. The van der Waals surface area contributed by atoms with Crippen molar-refractivity contribution in [3.8, 4) is 66.8 Å². The average Bonchev–Trinajstić information content (AvgIpc) is 1.54. The van der Waals surface area contributed by atoms with Crippen LogP contribution in [0.5, 0.6) is 0 Å². The lowest BCUT2D eigenvalue weighted by atomic mass is 9.31. The molecule has 31 aromatic rings. The van der Waals surface area contributed by atoms with Crippen molar-refractivity contribution < 1.29 is 0 Å². The molecular weight excluding hydrogens is 1840 g/mol. The molecule has 14 heterocycles. The lowest BCUT2D eigenvalue weighted by Gasteiger charge is -2.35. The first-order valence-corrected chi connectivity index (χ1v) is 55.1. The van der Waals surface area contributed by atoms with E-state index in [0.717, 1.165) is 0 Å². The van der Waals surface area contributed by atoms with E-state index in [1.807, 2.05) is 90.7 Å². The Balaban J connectivity index is 0.0000000916. The van der Waals surface area contributed by atoms with Gasteiger partial charge < -0.3 is 0 Å². The van der Waals surface area contributed by atoms with Crippen LogP contribution in [0.2, 0.25) is 0 Å². The zero-order valence-corrected chi connectivity index (χ0v) is 82.0. The summed E-state index contributed by atoms with van der Waals surface area (Å²) in [6.45, 7) is 7.39. The third-order valence-corrected chi connectivity index (χ3v) is 42.1. The molecule has 11 heteroatoms. The standard InChI is InChI=1S/C51H25BS4.2C39H21BS2/c1-24-18-31-29-20-33-25-10-2-6-14-39(25)53-48(33)45-43(29)37(22-35-27-12-4-8-16-41(27)55-50(35)45)52-38-23-36-28-13-5-9-17-42(28)56-51(36)46-44(38)30(32(19-24)47(31)52)21-34-26-11-3-7-15-40(26)54-49(34)46;1-20-16-25-37-33-21(18-31-35(37)23-10-2-4-14-29(23)41-31)8-6-12-27(33)40-28-13-7-9-22-19-32-36(24-11-3-5-15-30(24)42-32)38(34(22)28)26(17-20)39(25)40;1-20-16-27-21-10-6-12-25-35(21)29(18-33-37(25)23-8-2-4-14-31(23)41-33)40-30-19-34-38(24-9-3-5-15-32(24)42-34)26-13-7-11-22(36(26)30)28(17-20)39(27)40/h2-23H,1H3;2*2-19H,1H3. The van der Waals surface area contributed by atoms with Crippen LogP contribution in [0.1, 0.15) is 16.7 Å². The van der Waals surface area contributed by atoms with E-state index in [9.17, 15) is 0 Å². The van der Waals surface area contributed by atoms with E-state index in [-0.39, 0.29) is 20.1 Å². The molecular formula is C129H67B3S8. The van der Waals surface area contributed by atoms with Gasteiger partial charge in [0, 0.05) is 172 Å². The highest BCUT2D eigenvalue weighted by atomic mass is 32.1. The van der Waals surface area contributed by atoms with Gasteiger partial charge in [0.1, 0.15) is 0 Å². The average molecular weight is 1910 g/mol. The molecule has 0 spiro atoms. The second-order valence-electron chi connectivity index (χ2n) is 40.0. The van der Waals surface area contributed by atoms with Gasteiger partial charge in [0.15, 0.2) is 0 Å². The molecule has 6 aliphatic rings. The van der Waals surface area contributed by atoms with Crippen molar-refractivity contribution in [2.45, 2.75) is 20.8 Å². The van der Waals surface area contributed by atoms with Crippen LogP contribution < -0.4 is 49.2 Å². The van der Waals surface area contributed by atoms with Crippen molar-refractivity contribution in [1.82, 2.24) is 0 Å². The van der Waals surface area contributed by atoms with Gasteiger partial charge in [0.05, 0.1) is 0 Å². The summed E-state index contributed by atoms with van der Waals surface area (Å²) >= 11 is 15.7. The Morgan fingerprint density at radius 3 is 0.786 bits per heavy atom. The van der Waals surface area contributed by atoms with Gasteiger partial charge in [-0.15, -0.1) is 90.7 Å². The summed E-state index contributed by atoms with van der Waals surface area (Å²) in [4.78, 5) is 0. The van der Waals surface area contributed by atoms with Crippen LogP contribution in [0, 0.1) is 20.8 Å². The molecule has 37 rings (SSSR count). The van der Waals surface area contributed by atoms with E-state index in [1.54, 1.807) is 0 Å². The fourth-order valence-electron chi connectivity index (χ4n) is 27.7. The van der Waals surface area contributed by atoms with E-state index in [2.05, 4.69) is 373 Å². The molecule has 0 amide bonds. The van der Waals surface area contributed by atoms with Gasteiger partial charge in [0.25, 0.3) is 0 Å². The highest BCUT2D eigenvalue weighted by Crippen LogP contribution is 2.58. The maximum absolute atomic E-state index is 2.63. The van der Waals surface area contributed by atoms with Gasteiger partial charge in [-0.25, -0.2) is 0 Å². The first-order valence-electron chi connectivity index (χ1n) is 48.5. The molecule has 6 aliphatic heterocycles. The topological polar surface area (TPSA) is 0 Å². The zero-order valence-electron chi connectivity index (χ0n) is 75.5. The van der Waals surface area contributed by atoms with Crippen LogP contribution in [0.3, 0.4) is 0 Å². The normalized spacial score (nSPS) is 13.3. The summed E-state index contributed by atoms with van der Waals surface area (Å²) in [5.41, 5.74) is 34.1. The van der Waals surface area contributed by atoms with Crippen molar-refractivity contribution >= 4 is 386 Å². The smallest absolute Gasteiger partial charge is 0.135 e. The number of fused-ring (bicyclic) bond motifs is 44. The minimum atomic E-state index is 0.107. The van der Waals surface area contributed by atoms with Gasteiger partial charge in [-0.2, -0.15) is 0 Å². The minimum absolute atomic E-state index is 0.107. The Morgan fingerprint density at radius 1 is 0.150 bits per heavy atom. The molecule has 0 radical (unpaired) electrons. The van der Waals surface area contributed by atoms with E-state index < -0.39 is 0 Å². The number of hydrogen-bond donors (Lipinski definition) is 0. The number of rotatable bonds is 0. The molecule has 0 nitrogen and oxygen atoms in total. The second-order valence-corrected chi connectivity index (χ2v) is 48.5. The molecule has 0 N–H and O–H groups in total. The summed E-state index contributed by atoms with van der Waals surface area (Å²) in [6, 6.07) is 135. The Bertz CT molecular complexity index is 10800.